The Balaban J connectivity index is 1.86. The number of benzene rings is 3. The highest BCUT2D eigenvalue weighted by Crippen LogP contribution is 2.38. The summed E-state index contributed by atoms with van der Waals surface area (Å²) in [6.45, 7) is 1.59. The number of carbonyl (C=O) groups excluding carboxylic acids is 2. The zero-order valence-electron chi connectivity index (χ0n) is 16.0. The van der Waals surface area contributed by atoms with E-state index in [0.717, 1.165) is 16.5 Å². The van der Waals surface area contributed by atoms with Crippen LogP contribution >= 0.6 is 11.3 Å². The van der Waals surface area contributed by atoms with Gasteiger partial charge in [0, 0.05) is 21.6 Å². The number of aryl methyl sites for hydroxylation is 1. The van der Waals surface area contributed by atoms with E-state index in [-0.39, 0.29) is 16.9 Å². The second kappa shape index (κ2) is 8.13. The molecule has 0 aliphatic rings. The largest absolute Gasteiger partial charge is 0.285 e. The molecule has 4 rings (SSSR count). The normalized spacial score (nSPS) is 10.8. The van der Waals surface area contributed by atoms with Gasteiger partial charge >= 0.3 is 0 Å². The molecule has 5 heteroatoms. The molecular formula is C25H16F2O2S. The Kier molecular flexibility index (Phi) is 5.38. The Bertz CT molecular complexity index is 1240. The zero-order valence-corrected chi connectivity index (χ0v) is 16.8. The quantitative estimate of drug-likeness (QED) is 0.266. The highest BCUT2D eigenvalue weighted by molar-refractivity contribution is 7.13. The molecule has 2 nitrogen and oxygen atoms in total. The van der Waals surface area contributed by atoms with Gasteiger partial charge in [-0.05, 0) is 53.3 Å². The molecule has 0 N–H and O–H groups in total. The summed E-state index contributed by atoms with van der Waals surface area (Å²) in [7, 11) is 0. The van der Waals surface area contributed by atoms with Crippen LogP contribution in [0.4, 0.5) is 8.78 Å². The van der Waals surface area contributed by atoms with Gasteiger partial charge in [0.1, 0.15) is 11.6 Å². The molecular weight excluding hydrogens is 402 g/mol. The van der Waals surface area contributed by atoms with Crippen molar-refractivity contribution in [2.75, 3.05) is 0 Å². The third kappa shape index (κ3) is 3.72. The van der Waals surface area contributed by atoms with Gasteiger partial charge in [-0.2, -0.15) is 0 Å². The van der Waals surface area contributed by atoms with Crippen LogP contribution in [0.1, 0.15) is 26.3 Å². The standard InChI is InChI=1S/C25H16F2O2S/c1-15-7-8-17(14-21(15)27)24(28)25(29)20-5-2-4-19(16-9-11-18(26)12-10-16)23(20)22-6-3-13-30-22/h2-14H,1H3. The lowest BCUT2D eigenvalue weighted by Crippen LogP contribution is -2.16. The summed E-state index contributed by atoms with van der Waals surface area (Å²) in [4.78, 5) is 26.8. The van der Waals surface area contributed by atoms with Gasteiger partial charge in [-0.3, -0.25) is 9.59 Å². The molecule has 0 aliphatic carbocycles. The monoisotopic (exact) mass is 418 g/mol. The van der Waals surface area contributed by atoms with Crippen molar-refractivity contribution in [3.63, 3.8) is 0 Å². The fraction of sp³-hybridized carbons (Fsp3) is 0.0400. The minimum absolute atomic E-state index is 0.00687. The van der Waals surface area contributed by atoms with Crippen LogP contribution in [0, 0.1) is 18.6 Å². The highest BCUT2D eigenvalue weighted by Gasteiger charge is 2.25. The summed E-state index contributed by atoms with van der Waals surface area (Å²) in [5.74, 6) is -2.39. The smallest absolute Gasteiger partial charge is 0.234 e. The molecule has 0 saturated heterocycles. The van der Waals surface area contributed by atoms with E-state index in [1.165, 1.54) is 35.6 Å². The Morgan fingerprint density at radius 1 is 0.833 bits per heavy atom. The van der Waals surface area contributed by atoms with Crippen molar-refractivity contribution < 1.29 is 18.4 Å². The Hall–Kier alpha value is -3.44. The van der Waals surface area contributed by atoms with Crippen molar-refractivity contribution in [3.8, 4) is 21.6 Å². The van der Waals surface area contributed by atoms with Crippen LogP contribution in [-0.2, 0) is 0 Å². The van der Waals surface area contributed by atoms with Gasteiger partial charge in [0.25, 0.3) is 0 Å². The molecule has 148 valence electrons. The minimum atomic E-state index is -0.775. The Morgan fingerprint density at radius 3 is 2.27 bits per heavy atom. The van der Waals surface area contributed by atoms with E-state index in [4.69, 9.17) is 0 Å². The summed E-state index contributed by atoms with van der Waals surface area (Å²) in [6.07, 6.45) is 0. The topological polar surface area (TPSA) is 34.1 Å². The summed E-state index contributed by atoms with van der Waals surface area (Å²) in [5, 5.41) is 1.88. The first-order valence-electron chi connectivity index (χ1n) is 9.23. The molecule has 0 bridgehead atoms. The average molecular weight is 418 g/mol. The maximum Gasteiger partial charge on any atom is 0.234 e. The minimum Gasteiger partial charge on any atom is -0.285 e. The molecule has 3 aromatic carbocycles. The molecule has 4 aromatic rings. The van der Waals surface area contributed by atoms with Crippen molar-refractivity contribution in [3.05, 3.63) is 107 Å². The van der Waals surface area contributed by atoms with E-state index in [1.807, 2.05) is 23.6 Å². The van der Waals surface area contributed by atoms with Crippen LogP contribution in [0.3, 0.4) is 0 Å². The van der Waals surface area contributed by atoms with E-state index in [1.54, 1.807) is 31.2 Å². The van der Waals surface area contributed by atoms with Gasteiger partial charge in [-0.25, -0.2) is 8.78 Å². The van der Waals surface area contributed by atoms with Crippen molar-refractivity contribution in [1.29, 1.82) is 0 Å². The molecule has 0 spiro atoms. The van der Waals surface area contributed by atoms with Crippen molar-refractivity contribution in [2.45, 2.75) is 6.92 Å². The molecule has 0 atom stereocenters. The maximum absolute atomic E-state index is 13.9. The molecule has 0 fully saturated rings. The van der Waals surface area contributed by atoms with Crippen LogP contribution < -0.4 is 0 Å². The lowest BCUT2D eigenvalue weighted by atomic mass is 9.90. The van der Waals surface area contributed by atoms with Crippen LogP contribution in [0.2, 0.25) is 0 Å². The zero-order chi connectivity index (χ0) is 21.3. The van der Waals surface area contributed by atoms with Gasteiger partial charge < -0.3 is 0 Å². The Labute approximate surface area is 176 Å². The summed E-state index contributed by atoms with van der Waals surface area (Å²) < 4.78 is 27.3. The molecule has 1 heterocycles. The maximum atomic E-state index is 13.9. The fourth-order valence-corrected chi connectivity index (χ4v) is 4.08. The van der Waals surface area contributed by atoms with Crippen LogP contribution in [-0.4, -0.2) is 11.6 Å². The molecule has 0 saturated carbocycles. The lowest BCUT2D eigenvalue weighted by Gasteiger charge is -2.13. The van der Waals surface area contributed by atoms with E-state index < -0.39 is 17.4 Å². The van der Waals surface area contributed by atoms with Gasteiger partial charge in [0.2, 0.25) is 11.6 Å². The number of hydrogen-bond donors (Lipinski definition) is 0. The molecule has 1 aromatic heterocycles. The first-order chi connectivity index (χ1) is 14.5. The summed E-state index contributed by atoms with van der Waals surface area (Å²) in [6, 6.07) is 18.8. The van der Waals surface area contributed by atoms with Crippen LogP contribution in [0.25, 0.3) is 21.6 Å². The fourth-order valence-electron chi connectivity index (χ4n) is 3.29. The second-order valence-corrected chi connectivity index (χ2v) is 7.78. The molecule has 30 heavy (non-hydrogen) atoms. The van der Waals surface area contributed by atoms with Gasteiger partial charge in [0.05, 0.1) is 0 Å². The number of hydrogen-bond acceptors (Lipinski definition) is 3. The SMILES string of the molecule is Cc1ccc(C(=O)C(=O)c2cccc(-c3ccc(F)cc3)c2-c2cccs2)cc1F. The van der Waals surface area contributed by atoms with Gasteiger partial charge in [-0.15, -0.1) is 11.3 Å². The third-order valence-corrected chi connectivity index (χ3v) is 5.76. The summed E-state index contributed by atoms with van der Waals surface area (Å²) in [5.41, 5.74) is 2.67. The highest BCUT2D eigenvalue weighted by atomic mass is 32.1. The van der Waals surface area contributed by atoms with Crippen molar-refractivity contribution in [2.24, 2.45) is 0 Å². The third-order valence-electron chi connectivity index (χ3n) is 4.87. The molecule has 0 aliphatic heterocycles. The van der Waals surface area contributed by atoms with Crippen molar-refractivity contribution >= 4 is 22.9 Å². The average Bonchev–Trinajstić information content (AvgIpc) is 3.29. The second-order valence-electron chi connectivity index (χ2n) is 6.83. The van der Waals surface area contributed by atoms with Gasteiger partial charge in [0.15, 0.2) is 0 Å². The van der Waals surface area contributed by atoms with Crippen LogP contribution in [0.15, 0.2) is 78.2 Å². The van der Waals surface area contributed by atoms with Crippen LogP contribution in [0.5, 0.6) is 0 Å². The number of thiophene rings is 1. The first-order valence-corrected chi connectivity index (χ1v) is 10.1. The van der Waals surface area contributed by atoms with E-state index >= 15 is 0 Å². The summed E-state index contributed by atoms with van der Waals surface area (Å²) >= 11 is 1.43. The number of carbonyl (C=O) groups is 2. The Morgan fingerprint density at radius 2 is 1.60 bits per heavy atom. The first kappa shape index (κ1) is 19.9. The van der Waals surface area contributed by atoms with Crippen molar-refractivity contribution in [1.82, 2.24) is 0 Å². The van der Waals surface area contributed by atoms with Gasteiger partial charge in [-0.1, -0.05) is 48.5 Å². The van der Waals surface area contributed by atoms with E-state index in [9.17, 15) is 18.4 Å². The number of rotatable bonds is 5. The predicted octanol–water partition coefficient (Wildman–Crippen LogP) is 6.73. The van der Waals surface area contributed by atoms with E-state index in [0.29, 0.717) is 16.7 Å². The molecule has 0 radical (unpaired) electrons. The predicted molar refractivity (Wildman–Crippen MR) is 115 cm³/mol. The van der Waals surface area contributed by atoms with E-state index in [2.05, 4.69) is 0 Å². The number of ketones is 2. The molecule has 0 unspecified atom stereocenters. The molecule has 0 amide bonds. The number of halogens is 2. The number of Topliss-reactive ketones (excluding diaryl/α,β-unsaturated/α-hetero) is 2. The lowest BCUT2D eigenvalue weighted by molar-refractivity contribution is 0.0817.